The highest BCUT2D eigenvalue weighted by molar-refractivity contribution is 7.86. The smallest absolute Gasteiger partial charge is 0.323 e. The summed E-state index contributed by atoms with van der Waals surface area (Å²) in [7, 11) is -4.38. The summed E-state index contributed by atoms with van der Waals surface area (Å²) < 4.78 is 31.4. The fraction of sp³-hybridized carbons (Fsp3) is 0.100. The SMILES string of the molecule is Cc1nc(Nc2ccccc2S(=O)(=O)O)nc(=O)[nH]1. The van der Waals surface area contributed by atoms with Gasteiger partial charge in [-0.1, -0.05) is 12.1 Å². The Bertz CT molecular complexity index is 769. The second-order valence-corrected chi connectivity index (χ2v) is 5.05. The Hall–Kier alpha value is -2.26. The Kier molecular flexibility index (Phi) is 3.32. The minimum Gasteiger partial charge on any atom is -0.323 e. The molecule has 0 unspecified atom stereocenters. The molecule has 0 aliphatic rings. The molecule has 1 aromatic heterocycles. The van der Waals surface area contributed by atoms with E-state index < -0.39 is 15.8 Å². The molecule has 1 aromatic carbocycles. The molecule has 3 N–H and O–H groups in total. The van der Waals surface area contributed by atoms with Crippen molar-refractivity contribution in [2.24, 2.45) is 0 Å². The Morgan fingerprint density at radius 3 is 2.58 bits per heavy atom. The van der Waals surface area contributed by atoms with Gasteiger partial charge in [0.1, 0.15) is 10.7 Å². The summed E-state index contributed by atoms with van der Waals surface area (Å²) in [4.78, 5) is 20.6. The van der Waals surface area contributed by atoms with Crippen molar-refractivity contribution in [1.82, 2.24) is 15.0 Å². The lowest BCUT2D eigenvalue weighted by Gasteiger charge is -2.08. The van der Waals surface area contributed by atoms with Crippen LogP contribution in [0.4, 0.5) is 11.6 Å². The van der Waals surface area contributed by atoms with E-state index in [0.29, 0.717) is 5.82 Å². The van der Waals surface area contributed by atoms with Crippen LogP contribution >= 0.6 is 0 Å². The molecule has 0 atom stereocenters. The van der Waals surface area contributed by atoms with Gasteiger partial charge >= 0.3 is 5.69 Å². The number of aromatic nitrogens is 3. The Labute approximate surface area is 108 Å². The number of nitrogens with zero attached hydrogens (tertiary/aromatic N) is 2. The number of aromatic amines is 1. The van der Waals surface area contributed by atoms with Crippen LogP contribution in [0.15, 0.2) is 34.0 Å². The van der Waals surface area contributed by atoms with Gasteiger partial charge in [-0.3, -0.25) is 9.54 Å². The van der Waals surface area contributed by atoms with Crippen LogP contribution in [0, 0.1) is 6.92 Å². The molecule has 1 heterocycles. The van der Waals surface area contributed by atoms with Gasteiger partial charge in [-0.2, -0.15) is 18.4 Å². The average Bonchev–Trinajstić information content (AvgIpc) is 2.26. The lowest BCUT2D eigenvalue weighted by Crippen LogP contribution is -2.16. The summed E-state index contributed by atoms with van der Waals surface area (Å²) in [5.74, 6) is 0.268. The molecule has 19 heavy (non-hydrogen) atoms. The van der Waals surface area contributed by atoms with Crippen molar-refractivity contribution in [3.8, 4) is 0 Å². The molecular formula is C10H10N4O4S. The van der Waals surface area contributed by atoms with Gasteiger partial charge < -0.3 is 5.32 Å². The second-order valence-electron chi connectivity index (χ2n) is 3.66. The van der Waals surface area contributed by atoms with Crippen molar-refractivity contribution in [3.63, 3.8) is 0 Å². The van der Waals surface area contributed by atoms with Crippen LogP contribution in [-0.4, -0.2) is 27.9 Å². The van der Waals surface area contributed by atoms with Crippen LogP contribution in [0.3, 0.4) is 0 Å². The minimum absolute atomic E-state index is 0.0580. The van der Waals surface area contributed by atoms with Gasteiger partial charge in [-0.05, 0) is 19.1 Å². The largest absolute Gasteiger partial charge is 0.349 e. The van der Waals surface area contributed by atoms with E-state index in [0.717, 1.165) is 0 Å². The monoisotopic (exact) mass is 282 g/mol. The number of nitrogens with one attached hydrogen (secondary N) is 2. The summed E-state index contributed by atoms with van der Waals surface area (Å²) >= 11 is 0. The first-order valence-electron chi connectivity index (χ1n) is 5.15. The van der Waals surface area contributed by atoms with Crippen LogP contribution in [0.25, 0.3) is 0 Å². The van der Waals surface area contributed by atoms with Gasteiger partial charge in [-0.15, -0.1) is 0 Å². The predicted molar refractivity (Wildman–Crippen MR) is 66.9 cm³/mol. The third-order valence-corrected chi connectivity index (χ3v) is 3.09. The number of H-pyrrole nitrogens is 1. The van der Waals surface area contributed by atoms with E-state index in [1.807, 2.05) is 0 Å². The predicted octanol–water partition coefficient (Wildman–Crippen LogP) is 0.464. The van der Waals surface area contributed by atoms with Gasteiger partial charge in [0.25, 0.3) is 10.1 Å². The van der Waals surface area contributed by atoms with E-state index in [-0.39, 0.29) is 16.5 Å². The third kappa shape index (κ3) is 3.14. The fourth-order valence-electron chi connectivity index (χ4n) is 1.46. The van der Waals surface area contributed by atoms with E-state index in [1.165, 1.54) is 18.2 Å². The molecule has 0 aliphatic heterocycles. The van der Waals surface area contributed by atoms with Gasteiger partial charge in [0, 0.05) is 0 Å². The quantitative estimate of drug-likeness (QED) is 0.698. The molecular weight excluding hydrogens is 272 g/mol. The maximum atomic E-state index is 11.2. The van der Waals surface area contributed by atoms with E-state index in [2.05, 4.69) is 20.3 Å². The fourth-order valence-corrected chi connectivity index (χ4v) is 2.11. The van der Waals surface area contributed by atoms with Gasteiger partial charge in [0.15, 0.2) is 0 Å². The molecule has 0 radical (unpaired) electrons. The molecule has 100 valence electrons. The zero-order chi connectivity index (χ0) is 14.0. The lowest BCUT2D eigenvalue weighted by molar-refractivity contribution is 0.483. The third-order valence-electron chi connectivity index (χ3n) is 2.18. The molecule has 2 rings (SSSR count). The van der Waals surface area contributed by atoms with Crippen molar-refractivity contribution in [1.29, 1.82) is 0 Å². The average molecular weight is 282 g/mol. The lowest BCUT2D eigenvalue weighted by atomic mass is 10.3. The van der Waals surface area contributed by atoms with E-state index in [1.54, 1.807) is 13.0 Å². The van der Waals surface area contributed by atoms with Crippen LogP contribution in [0.5, 0.6) is 0 Å². The Morgan fingerprint density at radius 2 is 1.95 bits per heavy atom. The summed E-state index contributed by atoms with van der Waals surface area (Å²) in [6.45, 7) is 1.56. The highest BCUT2D eigenvalue weighted by atomic mass is 32.2. The van der Waals surface area contributed by atoms with Crippen molar-refractivity contribution in [3.05, 3.63) is 40.6 Å². The zero-order valence-corrected chi connectivity index (χ0v) is 10.6. The van der Waals surface area contributed by atoms with Crippen molar-refractivity contribution >= 4 is 21.8 Å². The molecule has 2 aromatic rings. The van der Waals surface area contributed by atoms with E-state index >= 15 is 0 Å². The second kappa shape index (κ2) is 4.78. The topological polar surface area (TPSA) is 125 Å². The Morgan fingerprint density at radius 1 is 1.26 bits per heavy atom. The molecule has 9 heteroatoms. The molecule has 0 saturated carbocycles. The van der Waals surface area contributed by atoms with Crippen LogP contribution in [0.2, 0.25) is 0 Å². The van der Waals surface area contributed by atoms with Crippen molar-refractivity contribution in [2.75, 3.05) is 5.32 Å². The summed E-state index contributed by atoms with van der Waals surface area (Å²) in [5, 5.41) is 2.58. The van der Waals surface area contributed by atoms with Crippen molar-refractivity contribution in [2.45, 2.75) is 11.8 Å². The van der Waals surface area contributed by atoms with Gasteiger partial charge in [0.05, 0.1) is 5.69 Å². The number of para-hydroxylation sites is 1. The maximum Gasteiger partial charge on any atom is 0.349 e. The maximum absolute atomic E-state index is 11.2. The molecule has 0 saturated heterocycles. The normalized spacial score (nSPS) is 11.3. The molecule has 0 spiro atoms. The summed E-state index contributed by atoms with van der Waals surface area (Å²) in [5.41, 5.74) is -0.533. The molecule has 8 nitrogen and oxygen atoms in total. The first-order chi connectivity index (χ1) is 8.86. The Balaban J connectivity index is 2.47. The van der Waals surface area contributed by atoms with Crippen LogP contribution in [0.1, 0.15) is 5.82 Å². The standard InChI is InChI=1S/C10H10N4O4S/c1-6-11-9(14-10(15)12-6)13-7-4-2-3-5-8(7)19(16,17)18/h2-5H,1H3,(H,16,17,18)(H2,11,12,13,14,15). The van der Waals surface area contributed by atoms with Crippen LogP contribution in [-0.2, 0) is 10.1 Å². The number of rotatable bonds is 3. The number of hydrogen-bond donors (Lipinski definition) is 3. The molecule has 0 amide bonds. The molecule has 0 fully saturated rings. The van der Waals surface area contributed by atoms with E-state index in [4.69, 9.17) is 4.55 Å². The molecule has 0 bridgehead atoms. The summed E-state index contributed by atoms with van der Waals surface area (Å²) in [6, 6.07) is 5.66. The zero-order valence-electron chi connectivity index (χ0n) is 9.78. The minimum atomic E-state index is -4.38. The highest BCUT2D eigenvalue weighted by Crippen LogP contribution is 2.22. The van der Waals surface area contributed by atoms with Crippen molar-refractivity contribution < 1.29 is 13.0 Å². The van der Waals surface area contributed by atoms with Gasteiger partial charge in [0.2, 0.25) is 5.95 Å². The van der Waals surface area contributed by atoms with Crippen LogP contribution < -0.4 is 11.0 Å². The van der Waals surface area contributed by atoms with E-state index in [9.17, 15) is 13.2 Å². The number of aryl methyl sites for hydroxylation is 1. The first kappa shape index (κ1) is 13.2. The number of hydrogen-bond acceptors (Lipinski definition) is 6. The molecule has 0 aliphatic carbocycles. The first-order valence-corrected chi connectivity index (χ1v) is 6.59. The summed E-state index contributed by atoms with van der Waals surface area (Å²) in [6.07, 6.45) is 0. The number of anilines is 2. The number of benzene rings is 1. The van der Waals surface area contributed by atoms with Gasteiger partial charge in [-0.25, -0.2) is 4.79 Å². The highest BCUT2D eigenvalue weighted by Gasteiger charge is 2.15.